The average molecular weight is 278 g/mol. The zero-order valence-corrected chi connectivity index (χ0v) is 12.4. The van der Waals surface area contributed by atoms with E-state index in [0.717, 1.165) is 31.1 Å². The van der Waals surface area contributed by atoms with Crippen LogP contribution >= 0.6 is 0 Å². The maximum Gasteiger partial charge on any atom is 0.161 e. The van der Waals surface area contributed by atoms with E-state index in [-0.39, 0.29) is 0 Å². The molecule has 0 spiro atoms. The molecule has 2 rings (SSSR count). The molecule has 2 N–H and O–H groups in total. The van der Waals surface area contributed by atoms with Gasteiger partial charge in [-0.1, -0.05) is 6.07 Å². The number of ether oxygens (including phenoxy) is 2. The molecule has 20 heavy (non-hydrogen) atoms. The molecule has 0 aliphatic carbocycles. The van der Waals surface area contributed by atoms with Crippen molar-refractivity contribution in [1.29, 1.82) is 0 Å². The summed E-state index contributed by atoms with van der Waals surface area (Å²) in [7, 11) is 0. The fourth-order valence-corrected chi connectivity index (χ4v) is 2.55. The molecule has 112 valence electrons. The van der Waals surface area contributed by atoms with Gasteiger partial charge in [-0.2, -0.15) is 0 Å². The van der Waals surface area contributed by atoms with Crippen LogP contribution in [0.5, 0.6) is 11.5 Å². The van der Waals surface area contributed by atoms with Gasteiger partial charge in [0.25, 0.3) is 0 Å². The highest BCUT2D eigenvalue weighted by Crippen LogP contribution is 2.28. The molecule has 0 saturated carbocycles. The smallest absolute Gasteiger partial charge is 0.161 e. The first-order valence-corrected chi connectivity index (χ1v) is 7.64. The van der Waals surface area contributed by atoms with Crippen molar-refractivity contribution >= 4 is 0 Å². The third-order valence-corrected chi connectivity index (χ3v) is 3.60. The minimum Gasteiger partial charge on any atom is -0.490 e. The minimum atomic E-state index is 0.647. The maximum atomic E-state index is 5.89. The molecular formula is C16H26N2O2. The lowest BCUT2D eigenvalue weighted by molar-refractivity contribution is 0.226. The van der Waals surface area contributed by atoms with Crippen molar-refractivity contribution in [1.82, 2.24) is 4.90 Å². The summed E-state index contributed by atoms with van der Waals surface area (Å²) in [6, 6.07) is 6.11. The number of hydrogen-bond acceptors (Lipinski definition) is 4. The van der Waals surface area contributed by atoms with Gasteiger partial charge in [-0.3, -0.25) is 4.90 Å². The summed E-state index contributed by atoms with van der Waals surface area (Å²) in [5.41, 5.74) is 6.79. The number of nitrogens with two attached hydrogens (primary N) is 1. The first-order chi connectivity index (χ1) is 9.83. The fraction of sp³-hybridized carbons (Fsp3) is 0.625. The standard InChI is InChI=1S/C16H26N2O2/c1-2-19-16-13-14(7-8-17)5-6-15(16)20-12-11-18-9-3-4-10-18/h5-6,13H,2-4,7-12,17H2,1H3. The Kier molecular flexibility index (Phi) is 6.15. The molecule has 4 nitrogen and oxygen atoms in total. The summed E-state index contributed by atoms with van der Waals surface area (Å²) in [6.07, 6.45) is 3.50. The fourth-order valence-electron chi connectivity index (χ4n) is 2.55. The molecule has 1 aromatic carbocycles. The Bertz CT molecular complexity index is 403. The summed E-state index contributed by atoms with van der Waals surface area (Å²) in [5, 5.41) is 0. The molecule has 0 radical (unpaired) electrons. The quantitative estimate of drug-likeness (QED) is 0.791. The maximum absolute atomic E-state index is 5.89. The van der Waals surface area contributed by atoms with E-state index in [1.165, 1.54) is 31.5 Å². The largest absolute Gasteiger partial charge is 0.490 e. The van der Waals surface area contributed by atoms with Gasteiger partial charge in [-0.25, -0.2) is 0 Å². The number of nitrogens with zero attached hydrogens (tertiary/aromatic N) is 1. The third-order valence-electron chi connectivity index (χ3n) is 3.60. The molecule has 1 fully saturated rings. The Hall–Kier alpha value is -1.26. The molecule has 4 heteroatoms. The highest BCUT2D eigenvalue weighted by Gasteiger charge is 2.12. The van der Waals surface area contributed by atoms with E-state index >= 15 is 0 Å². The van der Waals surface area contributed by atoms with E-state index < -0.39 is 0 Å². The van der Waals surface area contributed by atoms with E-state index in [9.17, 15) is 0 Å². The van der Waals surface area contributed by atoms with Gasteiger partial charge >= 0.3 is 0 Å². The minimum absolute atomic E-state index is 0.647. The van der Waals surface area contributed by atoms with Crippen LogP contribution in [0.2, 0.25) is 0 Å². The molecular weight excluding hydrogens is 252 g/mol. The summed E-state index contributed by atoms with van der Waals surface area (Å²) < 4.78 is 11.6. The highest BCUT2D eigenvalue weighted by atomic mass is 16.5. The Morgan fingerprint density at radius 3 is 2.65 bits per heavy atom. The molecule has 0 unspecified atom stereocenters. The molecule has 1 heterocycles. The summed E-state index contributed by atoms with van der Waals surface area (Å²) in [6.45, 7) is 7.42. The highest BCUT2D eigenvalue weighted by molar-refractivity contribution is 5.43. The van der Waals surface area contributed by atoms with Crippen LogP contribution in [0.4, 0.5) is 0 Å². The van der Waals surface area contributed by atoms with Crippen molar-refractivity contribution in [2.45, 2.75) is 26.2 Å². The van der Waals surface area contributed by atoms with E-state index in [4.69, 9.17) is 15.2 Å². The van der Waals surface area contributed by atoms with E-state index in [2.05, 4.69) is 11.0 Å². The summed E-state index contributed by atoms with van der Waals surface area (Å²) >= 11 is 0. The topological polar surface area (TPSA) is 47.7 Å². The molecule has 1 aliphatic heterocycles. The van der Waals surface area contributed by atoms with Gasteiger partial charge in [0.1, 0.15) is 6.61 Å². The number of rotatable bonds is 8. The second-order valence-electron chi connectivity index (χ2n) is 5.15. The lowest BCUT2D eigenvalue weighted by atomic mass is 10.1. The summed E-state index contributed by atoms with van der Waals surface area (Å²) in [4.78, 5) is 2.45. The Morgan fingerprint density at radius 1 is 1.15 bits per heavy atom. The van der Waals surface area contributed by atoms with Crippen LogP contribution in [0.25, 0.3) is 0 Å². The van der Waals surface area contributed by atoms with Gasteiger partial charge in [0.15, 0.2) is 11.5 Å². The van der Waals surface area contributed by atoms with E-state index in [1.54, 1.807) is 0 Å². The predicted octanol–water partition coefficient (Wildman–Crippen LogP) is 2.06. The first kappa shape index (κ1) is 15.1. The third kappa shape index (κ3) is 4.39. The molecule has 0 atom stereocenters. The lowest BCUT2D eigenvalue weighted by Crippen LogP contribution is -2.25. The van der Waals surface area contributed by atoms with Gasteiger partial charge in [-0.15, -0.1) is 0 Å². The zero-order chi connectivity index (χ0) is 14.2. The monoisotopic (exact) mass is 278 g/mol. The van der Waals surface area contributed by atoms with Crippen LogP contribution < -0.4 is 15.2 Å². The van der Waals surface area contributed by atoms with Crippen molar-refractivity contribution in [3.8, 4) is 11.5 Å². The van der Waals surface area contributed by atoms with Gasteiger partial charge < -0.3 is 15.2 Å². The zero-order valence-electron chi connectivity index (χ0n) is 12.4. The van der Waals surface area contributed by atoms with Crippen LogP contribution in [-0.4, -0.2) is 44.3 Å². The Labute approximate surface area is 121 Å². The first-order valence-electron chi connectivity index (χ1n) is 7.64. The van der Waals surface area contributed by atoms with Crippen LogP contribution in [0, 0.1) is 0 Å². The van der Waals surface area contributed by atoms with E-state index in [1.807, 2.05) is 19.1 Å². The van der Waals surface area contributed by atoms with Crippen molar-refractivity contribution in [2.24, 2.45) is 5.73 Å². The SMILES string of the molecule is CCOc1cc(CCN)ccc1OCCN1CCCC1. The number of hydrogen-bond donors (Lipinski definition) is 1. The van der Waals surface area contributed by atoms with Gasteiger partial charge in [0, 0.05) is 6.54 Å². The lowest BCUT2D eigenvalue weighted by Gasteiger charge is -2.17. The molecule has 0 aromatic heterocycles. The van der Waals surface area contributed by atoms with Crippen molar-refractivity contribution in [2.75, 3.05) is 39.4 Å². The van der Waals surface area contributed by atoms with E-state index in [0.29, 0.717) is 13.2 Å². The van der Waals surface area contributed by atoms with Crippen LogP contribution in [-0.2, 0) is 6.42 Å². The van der Waals surface area contributed by atoms with Crippen LogP contribution in [0.3, 0.4) is 0 Å². The normalized spacial score (nSPS) is 15.5. The predicted molar refractivity (Wildman–Crippen MR) is 81.5 cm³/mol. The molecule has 1 aromatic rings. The second kappa shape index (κ2) is 8.12. The van der Waals surface area contributed by atoms with Crippen LogP contribution in [0.15, 0.2) is 18.2 Å². The van der Waals surface area contributed by atoms with Crippen molar-refractivity contribution in [3.05, 3.63) is 23.8 Å². The van der Waals surface area contributed by atoms with Gasteiger partial charge in [0.05, 0.1) is 6.61 Å². The summed E-state index contributed by atoms with van der Waals surface area (Å²) in [5.74, 6) is 1.67. The van der Waals surface area contributed by atoms with Gasteiger partial charge in [-0.05, 0) is 63.5 Å². The molecule has 1 saturated heterocycles. The Balaban J connectivity index is 1.90. The van der Waals surface area contributed by atoms with Crippen molar-refractivity contribution < 1.29 is 9.47 Å². The number of benzene rings is 1. The number of likely N-dealkylation sites (tertiary alicyclic amines) is 1. The Morgan fingerprint density at radius 2 is 1.95 bits per heavy atom. The van der Waals surface area contributed by atoms with Crippen molar-refractivity contribution in [3.63, 3.8) is 0 Å². The average Bonchev–Trinajstić information content (AvgIpc) is 2.95. The second-order valence-corrected chi connectivity index (χ2v) is 5.15. The van der Waals surface area contributed by atoms with Gasteiger partial charge in [0.2, 0.25) is 0 Å². The molecule has 1 aliphatic rings. The molecule has 0 amide bonds. The van der Waals surface area contributed by atoms with Crippen LogP contribution in [0.1, 0.15) is 25.3 Å². The molecule has 0 bridgehead atoms.